The molecule has 0 saturated heterocycles. The second-order valence-corrected chi connectivity index (χ2v) is 5.13. The zero-order chi connectivity index (χ0) is 15.9. The van der Waals surface area contributed by atoms with Gasteiger partial charge >= 0.3 is 12.1 Å². The highest BCUT2D eigenvalue weighted by molar-refractivity contribution is 5.89. The van der Waals surface area contributed by atoms with Crippen molar-refractivity contribution in [2.75, 3.05) is 13.7 Å². The number of aliphatic hydroxyl groups is 1. The molecule has 0 heterocycles. The van der Waals surface area contributed by atoms with Crippen molar-refractivity contribution >= 4 is 18.0 Å². The van der Waals surface area contributed by atoms with Gasteiger partial charge in [0.05, 0.1) is 13.7 Å². The molecule has 0 rings (SSSR count). The largest absolute Gasteiger partial charge is 0.467 e. The van der Waals surface area contributed by atoms with Crippen molar-refractivity contribution in [3.63, 3.8) is 0 Å². The maximum atomic E-state index is 11.8. The molecule has 0 fully saturated rings. The Morgan fingerprint density at radius 2 is 1.75 bits per heavy atom. The molecule has 3 N–H and O–H groups in total. The van der Waals surface area contributed by atoms with Gasteiger partial charge in [-0.05, 0) is 27.7 Å². The molecule has 8 nitrogen and oxygen atoms in total. The second-order valence-electron chi connectivity index (χ2n) is 5.13. The number of rotatable bonds is 5. The Labute approximate surface area is 117 Å². The van der Waals surface area contributed by atoms with E-state index in [1.54, 1.807) is 20.8 Å². The Balaban J connectivity index is 4.49. The number of alkyl carbamates (subject to hydrolysis) is 1. The number of hydrogen-bond acceptors (Lipinski definition) is 6. The lowest BCUT2D eigenvalue weighted by molar-refractivity contribution is -0.144. The Hall–Kier alpha value is -1.83. The zero-order valence-electron chi connectivity index (χ0n) is 12.4. The summed E-state index contributed by atoms with van der Waals surface area (Å²) >= 11 is 0. The monoisotopic (exact) mass is 290 g/mol. The summed E-state index contributed by atoms with van der Waals surface area (Å²) in [6, 6.07) is -2.10. The molecule has 0 aliphatic carbocycles. The average Bonchev–Trinajstić information content (AvgIpc) is 2.32. The van der Waals surface area contributed by atoms with E-state index in [0.717, 1.165) is 0 Å². The van der Waals surface area contributed by atoms with Crippen LogP contribution < -0.4 is 10.6 Å². The number of amides is 2. The first-order valence-corrected chi connectivity index (χ1v) is 6.09. The number of carbonyl (C=O) groups excluding carboxylic acids is 3. The van der Waals surface area contributed by atoms with Gasteiger partial charge in [-0.2, -0.15) is 0 Å². The zero-order valence-corrected chi connectivity index (χ0v) is 12.4. The maximum Gasteiger partial charge on any atom is 0.408 e. The standard InChI is InChI=1S/C12H22N2O6/c1-7(10(17)19-5)13-9(16)8(6-15)14-11(18)20-12(2,3)4/h7-8,15H,6H2,1-5H3,(H,13,16)(H,14,18)/t7-,8+/m1/s1. The fraction of sp³-hybridized carbons (Fsp3) is 0.750. The quantitative estimate of drug-likeness (QED) is 0.591. The summed E-state index contributed by atoms with van der Waals surface area (Å²) in [6.07, 6.45) is -0.836. The van der Waals surface area contributed by atoms with E-state index in [4.69, 9.17) is 9.84 Å². The van der Waals surface area contributed by atoms with Crippen molar-refractivity contribution in [2.24, 2.45) is 0 Å². The van der Waals surface area contributed by atoms with E-state index in [-0.39, 0.29) is 0 Å². The molecule has 8 heteroatoms. The van der Waals surface area contributed by atoms with Gasteiger partial charge in [0, 0.05) is 0 Å². The normalized spacial score (nSPS) is 13.9. The van der Waals surface area contributed by atoms with Gasteiger partial charge < -0.3 is 25.2 Å². The summed E-state index contributed by atoms with van der Waals surface area (Å²) in [4.78, 5) is 34.4. The predicted octanol–water partition coefficient (Wildman–Crippen LogP) is -0.450. The summed E-state index contributed by atoms with van der Waals surface area (Å²) in [7, 11) is 1.19. The minimum atomic E-state index is -1.21. The highest BCUT2D eigenvalue weighted by atomic mass is 16.6. The van der Waals surface area contributed by atoms with Crippen LogP contribution in [0, 0.1) is 0 Å². The Morgan fingerprint density at radius 3 is 2.15 bits per heavy atom. The molecule has 116 valence electrons. The summed E-state index contributed by atoms with van der Waals surface area (Å²) < 4.78 is 9.41. The number of nitrogens with one attached hydrogen (secondary N) is 2. The SMILES string of the molecule is COC(=O)[C@@H](C)NC(=O)[C@H](CO)NC(=O)OC(C)(C)C. The second kappa shape index (κ2) is 7.68. The maximum absolute atomic E-state index is 11.8. The van der Waals surface area contributed by atoms with E-state index in [0.29, 0.717) is 0 Å². The molecule has 0 aromatic heterocycles. The fourth-order valence-electron chi connectivity index (χ4n) is 1.19. The van der Waals surface area contributed by atoms with Crippen LogP contribution in [0.4, 0.5) is 4.79 Å². The van der Waals surface area contributed by atoms with Crippen molar-refractivity contribution in [2.45, 2.75) is 45.4 Å². The Bertz CT molecular complexity index is 363. The van der Waals surface area contributed by atoms with Crippen LogP contribution in [0.5, 0.6) is 0 Å². The Morgan fingerprint density at radius 1 is 1.20 bits per heavy atom. The summed E-state index contributed by atoms with van der Waals surface area (Å²) in [6.45, 7) is 5.80. The van der Waals surface area contributed by atoms with Gasteiger partial charge in [-0.25, -0.2) is 9.59 Å². The number of hydrogen-bond donors (Lipinski definition) is 3. The molecule has 0 aliphatic rings. The Kier molecular flexibility index (Phi) is 6.98. The van der Waals surface area contributed by atoms with Crippen molar-refractivity contribution in [3.8, 4) is 0 Å². The van der Waals surface area contributed by atoms with E-state index in [1.807, 2.05) is 0 Å². The van der Waals surface area contributed by atoms with Crippen LogP contribution in [0.1, 0.15) is 27.7 Å². The van der Waals surface area contributed by atoms with Crippen LogP contribution in [-0.2, 0) is 19.1 Å². The van der Waals surface area contributed by atoms with E-state index in [1.165, 1.54) is 14.0 Å². The predicted molar refractivity (Wildman–Crippen MR) is 69.9 cm³/mol. The number of ether oxygens (including phenoxy) is 2. The van der Waals surface area contributed by atoms with Gasteiger partial charge in [0.25, 0.3) is 0 Å². The third-order valence-corrected chi connectivity index (χ3v) is 2.10. The highest BCUT2D eigenvalue weighted by Gasteiger charge is 2.26. The first-order chi connectivity index (χ1) is 9.10. The number of esters is 1. The molecule has 0 spiro atoms. The highest BCUT2D eigenvalue weighted by Crippen LogP contribution is 2.06. The van der Waals surface area contributed by atoms with Gasteiger partial charge in [-0.15, -0.1) is 0 Å². The average molecular weight is 290 g/mol. The van der Waals surface area contributed by atoms with Crippen molar-refractivity contribution in [1.29, 1.82) is 0 Å². The van der Waals surface area contributed by atoms with Crippen LogP contribution in [0.3, 0.4) is 0 Å². The summed E-state index contributed by atoms with van der Waals surface area (Å²) in [5.74, 6) is -1.34. The van der Waals surface area contributed by atoms with Gasteiger partial charge in [-0.1, -0.05) is 0 Å². The molecular formula is C12H22N2O6. The lowest BCUT2D eigenvalue weighted by Crippen LogP contribution is -2.53. The van der Waals surface area contributed by atoms with Crippen molar-refractivity contribution in [1.82, 2.24) is 10.6 Å². The van der Waals surface area contributed by atoms with E-state index >= 15 is 0 Å². The number of methoxy groups -OCH3 is 1. The fourth-order valence-corrected chi connectivity index (χ4v) is 1.19. The molecule has 2 amide bonds. The van der Waals surface area contributed by atoms with Crippen LogP contribution in [-0.4, -0.2) is 54.5 Å². The third-order valence-electron chi connectivity index (χ3n) is 2.10. The lowest BCUT2D eigenvalue weighted by Gasteiger charge is -2.23. The third kappa shape index (κ3) is 6.93. The molecule has 20 heavy (non-hydrogen) atoms. The molecule has 0 aromatic carbocycles. The van der Waals surface area contributed by atoms with E-state index in [9.17, 15) is 14.4 Å². The van der Waals surface area contributed by atoms with Gasteiger partial charge in [0.2, 0.25) is 5.91 Å². The first-order valence-electron chi connectivity index (χ1n) is 6.09. The summed E-state index contributed by atoms with van der Waals surface area (Å²) in [5.41, 5.74) is -0.722. The molecule has 0 unspecified atom stereocenters. The number of aliphatic hydroxyl groups excluding tert-OH is 1. The van der Waals surface area contributed by atoms with Crippen molar-refractivity contribution < 1.29 is 29.0 Å². The minimum Gasteiger partial charge on any atom is -0.467 e. The van der Waals surface area contributed by atoms with Crippen molar-refractivity contribution in [3.05, 3.63) is 0 Å². The van der Waals surface area contributed by atoms with Crippen LogP contribution >= 0.6 is 0 Å². The van der Waals surface area contributed by atoms with Crippen LogP contribution in [0.25, 0.3) is 0 Å². The van der Waals surface area contributed by atoms with Crippen LogP contribution in [0.2, 0.25) is 0 Å². The van der Waals surface area contributed by atoms with Crippen LogP contribution in [0.15, 0.2) is 0 Å². The molecule has 0 saturated carbocycles. The molecule has 0 radical (unpaired) electrons. The molecule has 0 bridgehead atoms. The topological polar surface area (TPSA) is 114 Å². The minimum absolute atomic E-state index is 0.626. The lowest BCUT2D eigenvalue weighted by atomic mass is 10.2. The van der Waals surface area contributed by atoms with Gasteiger partial charge in [0.1, 0.15) is 17.7 Å². The smallest absolute Gasteiger partial charge is 0.408 e. The van der Waals surface area contributed by atoms with E-state index < -0.39 is 42.3 Å². The van der Waals surface area contributed by atoms with E-state index in [2.05, 4.69) is 15.4 Å². The molecule has 0 aromatic rings. The first kappa shape index (κ1) is 18.2. The molecule has 2 atom stereocenters. The summed E-state index contributed by atoms with van der Waals surface area (Å²) in [5, 5.41) is 13.6. The molecular weight excluding hydrogens is 268 g/mol. The van der Waals surface area contributed by atoms with Gasteiger partial charge in [0.15, 0.2) is 0 Å². The van der Waals surface area contributed by atoms with Gasteiger partial charge in [-0.3, -0.25) is 4.79 Å². The molecule has 0 aliphatic heterocycles. The number of carbonyl (C=O) groups is 3.